The molecule has 3 aliphatic heterocycles. The summed E-state index contributed by atoms with van der Waals surface area (Å²) < 4.78 is 1.93. The van der Waals surface area contributed by atoms with Gasteiger partial charge in [-0.1, -0.05) is 0 Å². The SMILES string of the molecule is CN(C)CC(=O)Nc1ccc2n(c1=O)C[C@@H]1C[C@@H]2CN(C2CCN(C)CC2)C1. The lowest BCUT2D eigenvalue weighted by Gasteiger charge is -2.47. The van der Waals surface area contributed by atoms with Gasteiger partial charge >= 0.3 is 0 Å². The second kappa shape index (κ2) is 7.97. The number of hydrogen-bond donors (Lipinski definition) is 1. The minimum absolute atomic E-state index is 0.0490. The molecule has 4 heterocycles. The standard InChI is InChI=1S/C21H33N5O2/c1-23(2)14-20(27)22-18-4-5-19-16-10-15(12-26(19)21(18)28)11-25(13-16)17-6-8-24(3)9-7-17/h4-5,15-17H,6-14H2,1-3H3,(H,22,27)/t15-,16-/m1/s1. The number of anilines is 1. The van der Waals surface area contributed by atoms with Gasteiger partial charge < -0.3 is 19.7 Å². The van der Waals surface area contributed by atoms with Crippen molar-refractivity contribution in [3.05, 3.63) is 28.2 Å². The molecule has 0 aliphatic carbocycles. The maximum Gasteiger partial charge on any atom is 0.274 e. The molecule has 0 spiro atoms. The highest BCUT2D eigenvalue weighted by atomic mass is 16.2. The topological polar surface area (TPSA) is 60.8 Å². The smallest absolute Gasteiger partial charge is 0.274 e. The molecule has 2 saturated heterocycles. The highest BCUT2D eigenvalue weighted by molar-refractivity contribution is 5.92. The number of hydrogen-bond acceptors (Lipinski definition) is 5. The summed E-state index contributed by atoms with van der Waals surface area (Å²) in [6, 6.07) is 4.55. The molecule has 4 rings (SSSR count). The van der Waals surface area contributed by atoms with Crippen molar-refractivity contribution in [1.29, 1.82) is 0 Å². The summed E-state index contributed by atoms with van der Waals surface area (Å²) in [6.45, 7) is 5.55. The number of nitrogens with one attached hydrogen (secondary N) is 1. The van der Waals surface area contributed by atoms with Crippen LogP contribution in [0.4, 0.5) is 5.69 Å². The number of carbonyl (C=O) groups is 1. The Morgan fingerprint density at radius 3 is 2.64 bits per heavy atom. The summed E-state index contributed by atoms with van der Waals surface area (Å²) in [7, 11) is 5.89. The second-order valence-electron chi connectivity index (χ2n) is 9.16. The first-order valence-corrected chi connectivity index (χ1v) is 10.5. The lowest BCUT2D eigenvalue weighted by atomic mass is 9.82. The number of piperidine rings is 2. The quantitative estimate of drug-likeness (QED) is 0.831. The van der Waals surface area contributed by atoms with Gasteiger partial charge in [-0.2, -0.15) is 0 Å². The molecule has 1 N–H and O–H groups in total. The molecule has 154 valence electrons. The van der Waals surface area contributed by atoms with Crippen molar-refractivity contribution in [2.45, 2.75) is 37.8 Å². The minimum Gasteiger partial charge on any atom is -0.320 e. The predicted molar refractivity (Wildman–Crippen MR) is 111 cm³/mol. The van der Waals surface area contributed by atoms with Crippen molar-refractivity contribution in [2.24, 2.45) is 5.92 Å². The zero-order valence-electron chi connectivity index (χ0n) is 17.4. The highest BCUT2D eigenvalue weighted by Gasteiger charge is 2.37. The lowest BCUT2D eigenvalue weighted by Crippen LogP contribution is -2.53. The molecule has 2 fully saturated rings. The van der Waals surface area contributed by atoms with Crippen LogP contribution in [-0.2, 0) is 11.3 Å². The Morgan fingerprint density at radius 2 is 1.93 bits per heavy atom. The maximum absolute atomic E-state index is 13.0. The third kappa shape index (κ3) is 4.02. The molecule has 7 heteroatoms. The minimum atomic E-state index is -0.146. The van der Waals surface area contributed by atoms with Gasteiger partial charge in [0.1, 0.15) is 5.69 Å². The van der Waals surface area contributed by atoms with E-state index in [1.54, 1.807) is 11.0 Å². The Hall–Kier alpha value is -1.70. The van der Waals surface area contributed by atoms with Crippen LogP contribution in [0.1, 0.15) is 30.9 Å². The molecule has 1 amide bonds. The van der Waals surface area contributed by atoms with Crippen LogP contribution in [0.25, 0.3) is 0 Å². The molecular formula is C21H33N5O2. The molecule has 0 aromatic carbocycles. The van der Waals surface area contributed by atoms with Gasteiger partial charge in [-0.25, -0.2) is 0 Å². The van der Waals surface area contributed by atoms with E-state index in [4.69, 9.17) is 0 Å². The molecule has 0 radical (unpaired) electrons. The first-order chi connectivity index (χ1) is 13.4. The van der Waals surface area contributed by atoms with Crippen molar-refractivity contribution in [1.82, 2.24) is 19.3 Å². The van der Waals surface area contributed by atoms with Gasteiger partial charge in [-0.15, -0.1) is 0 Å². The van der Waals surface area contributed by atoms with Crippen LogP contribution in [0.5, 0.6) is 0 Å². The average Bonchev–Trinajstić information content (AvgIpc) is 2.64. The molecule has 7 nitrogen and oxygen atoms in total. The predicted octanol–water partition coefficient (Wildman–Crippen LogP) is 0.862. The highest BCUT2D eigenvalue weighted by Crippen LogP contribution is 2.37. The molecular weight excluding hydrogens is 354 g/mol. The molecule has 1 aromatic heterocycles. The van der Waals surface area contributed by atoms with E-state index in [1.807, 2.05) is 18.7 Å². The fourth-order valence-electron chi connectivity index (χ4n) is 5.21. The average molecular weight is 388 g/mol. The number of amides is 1. The van der Waals surface area contributed by atoms with E-state index in [0.717, 1.165) is 25.3 Å². The van der Waals surface area contributed by atoms with Crippen LogP contribution in [0, 0.1) is 5.92 Å². The third-order valence-electron chi connectivity index (χ3n) is 6.57. The number of pyridine rings is 1. The van der Waals surface area contributed by atoms with E-state index >= 15 is 0 Å². The maximum atomic E-state index is 13.0. The number of fused-ring (bicyclic) bond motifs is 4. The number of carbonyl (C=O) groups excluding carboxylic acids is 1. The van der Waals surface area contributed by atoms with E-state index < -0.39 is 0 Å². The van der Waals surface area contributed by atoms with E-state index in [0.29, 0.717) is 23.6 Å². The summed E-state index contributed by atoms with van der Waals surface area (Å²) in [4.78, 5) is 32.0. The van der Waals surface area contributed by atoms with Crippen molar-refractivity contribution in [2.75, 3.05) is 59.2 Å². The van der Waals surface area contributed by atoms with Crippen molar-refractivity contribution < 1.29 is 4.79 Å². The van der Waals surface area contributed by atoms with Gasteiger partial charge in [0.2, 0.25) is 5.91 Å². The molecule has 3 aliphatic rings. The summed E-state index contributed by atoms with van der Waals surface area (Å²) in [5, 5.41) is 2.79. The lowest BCUT2D eigenvalue weighted by molar-refractivity contribution is -0.116. The largest absolute Gasteiger partial charge is 0.320 e. The van der Waals surface area contributed by atoms with Gasteiger partial charge in [-0.3, -0.25) is 14.5 Å². The number of likely N-dealkylation sites (N-methyl/N-ethyl adjacent to an activating group) is 1. The van der Waals surface area contributed by atoms with Gasteiger partial charge in [-0.05, 0) is 71.5 Å². The molecule has 2 bridgehead atoms. The number of nitrogens with zero attached hydrogens (tertiary/aromatic N) is 4. The Kier molecular flexibility index (Phi) is 5.58. The summed E-state index contributed by atoms with van der Waals surface area (Å²) in [5.41, 5.74) is 1.50. The van der Waals surface area contributed by atoms with Gasteiger partial charge in [0.25, 0.3) is 5.56 Å². The first-order valence-electron chi connectivity index (χ1n) is 10.5. The third-order valence-corrected chi connectivity index (χ3v) is 6.57. The van der Waals surface area contributed by atoms with E-state index in [9.17, 15) is 9.59 Å². The zero-order chi connectivity index (χ0) is 19.8. The molecule has 0 saturated carbocycles. The first kappa shape index (κ1) is 19.6. The molecule has 2 atom stereocenters. The van der Waals surface area contributed by atoms with Crippen LogP contribution < -0.4 is 10.9 Å². The van der Waals surface area contributed by atoms with Gasteiger partial charge in [0.05, 0.1) is 6.54 Å². The zero-order valence-corrected chi connectivity index (χ0v) is 17.4. The number of aromatic nitrogens is 1. The number of likely N-dealkylation sites (tertiary alicyclic amines) is 2. The Bertz CT molecular complexity index is 781. The summed E-state index contributed by atoms with van der Waals surface area (Å²) >= 11 is 0. The number of rotatable bonds is 4. The van der Waals surface area contributed by atoms with Crippen molar-refractivity contribution in [3.63, 3.8) is 0 Å². The summed E-state index contributed by atoms with van der Waals surface area (Å²) in [5.74, 6) is 0.801. The van der Waals surface area contributed by atoms with Crippen LogP contribution in [-0.4, -0.2) is 85.1 Å². The fourth-order valence-corrected chi connectivity index (χ4v) is 5.21. The normalized spacial score (nSPS) is 26.3. The Labute approximate surface area is 167 Å². The van der Waals surface area contributed by atoms with E-state index in [-0.39, 0.29) is 18.0 Å². The van der Waals surface area contributed by atoms with E-state index in [2.05, 4.69) is 28.2 Å². The van der Waals surface area contributed by atoms with E-state index in [1.165, 1.54) is 32.4 Å². The fraction of sp³-hybridized carbons (Fsp3) is 0.714. The van der Waals surface area contributed by atoms with Crippen LogP contribution in [0.3, 0.4) is 0 Å². The molecule has 28 heavy (non-hydrogen) atoms. The molecule has 1 aromatic rings. The summed E-state index contributed by atoms with van der Waals surface area (Å²) in [6.07, 6.45) is 3.67. The Balaban J connectivity index is 1.50. The second-order valence-corrected chi connectivity index (χ2v) is 9.16. The van der Waals surface area contributed by atoms with Crippen LogP contribution >= 0.6 is 0 Å². The Morgan fingerprint density at radius 1 is 1.18 bits per heavy atom. The van der Waals surface area contributed by atoms with Crippen molar-refractivity contribution >= 4 is 11.6 Å². The van der Waals surface area contributed by atoms with Gasteiger partial charge in [0, 0.05) is 37.3 Å². The van der Waals surface area contributed by atoms with Gasteiger partial charge in [0.15, 0.2) is 0 Å². The van der Waals surface area contributed by atoms with Crippen molar-refractivity contribution in [3.8, 4) is 0 Å². The molecule has 0 unspecified atom stereocenters. The van der Waals surface area contributed by atoms with Crippen LogP contribution in [0.2, 0.25) is 0 Å². The van der Waals surface area contributed by atoms with Crippen LogP contribution in [0.15, 0.2) is 16.9 Å². The monoisotopic (exact) mass is 387 g/mol.